The molecule has 4 aliphatic rings. The SMILES string of the molecule is O=C(CCCNCC(F)(F)F)C12CC3CC(CC(C3)C1)C2. The standard InChI is InChI=1S/C16H24F3NO/c17-16(18,19)10-20-3-1-2-14(21)15-7-11-4-12(8-15)6-13(5-11)9-15/h11-13,20H,1-10H2. The quantitative estimate of drug-likeness (QED) is 0.758. The molecule has 1 N–H and O–H groups in total. The lowest BCUT2D eigenvalue weighted by atomic mass is 9.48. The molecule has 120 valence electrons. The van der Waals surface area contributed by atoms with E-state index in [2.05, 4.69) is 5.32 Å². The van der Waals surface area contributed by atoms with Gasteiger partial charge in [-0.1, -0.05) is 0 Å². The zero-order valence-corrected chi connectivity index (χ0v) is 12.3. The predicted octanol–water partition coefficient (Wildman–Crippen LogP) is 3.70. The minimum Gasteiger partial charge on any atom is -0.309 e. The van der Waals surface area contributed by atoms with E-state index < -0.39 is 12.7 Å². The van der Waals surface area contributed by atoms with E-state index in [9.17, 15) is 18.0 Å². The molecule has 5 heteroatoms. The van der Waals surface area contributed by atoms with Gasteiger partial charge in [-0.05, 0) is 69.2 Å². The molecule has 0 unspecified atom stereocenters. The third-order valence-electron chi connectivity index (χ3n) is 5.71. The Morgan fingerprint density at radius 2 is 1.57 bits per heavy atom. The van der Waals surface area contributed by atoms with Gasteiger partial charge < -0.3 is 5.32 Å². The van der Waals surface area contributed by atoms with Crippen LogP contribution in [0.2, 0.25) is 0 Å². The zero-order chi connectivity index (χ0) is 15.1. The van der Waals surface area contributed by atoms with Crippen LogP contribution in [0.25, 0.3) is 0 Å². The van der Waals surface area contributed by atoms with Crippen molar-refractivity contribution in [1.82, 2.24) is 5.32 Å². The van der Waals surface area contributed by atoms with Gasteiger partial charge >= 0.3 is 6.18 Å². The maximum absolute atomic E-state index is 12.6. The molecule has 0 saturated heterocycles. The number of rotatable bonds is 6. The second-order valence-electron chi connectivity index (χ2n) is 7.52. The van der Waals surface area contributed by atoms with Gasteiger partial charge in [0.05, 0.1) is 6.54 Å². The molecule has 4 fully saturated rings. The van der Waals surface area contributed by atoms with Crippen LogP contribution in [0.5, 0.6) is 0 Å². The number of Topliss-reactive ketones (excluding diaryl/α,β-unsaturated/α-hetero) is 1. The van der Waals surface area contributed by atoms with Gasteiger partial charge in [0.15, 0.2) is 0 Å². The predicted molar refractivity (Wildman–Crippen MR) is 73.8 cm³/mol. The van der Waals surface area contributed by atoms with Crippen LogP contribution in [0, 0.1) is 23.2 Å². The molecule has 0 aromatic carbocycles. The van der Waals surface area contributed by atoms with E-state index in [0.717, 1.165) is 37.0 Å². The van der Waals surface area contributed by atoms with Gasteiger partial charge in [0, 0.05) is 11.8 Å². The van der Waals surface area contributed by atoms with Crippen molar-refractivity contribution in [2.75, 3.05) is 13.1 Å². The molecule has 2 nitrogen and oxygen atoms in total. The van der Waals surface area contributed by atoms with Crippen LogP contribution in [0.3, 0.4) is 0 Å². The van der Waals surface area contributed by atoms with E-state index in [-0.39, 0.29) is 12.0 Å². The normalized spacial score (nSPS) is 38.0. The molecule has 0 radical (unpaired) electrons. The second kappa shape index (κ2) is 5.56. The first-order valence-electron chi connectivity index (χ1n) is 8.17. The second-order valence-corrected chi connectivity index (χ2v) is 7.52. The number of alkyl halides is 3. The van der Waals surface area contributed by atoms with Crippen molar-refractivity contribution in [3.63, 3.8) is 0 Å². The first-order valence-corrected chi connectivity index (χ1v) is 8.17. The largest absolute Gasteiger partial charge is 0.401 e. The fraction of sp³-hybridized carbons (Fsp3) is 0.938. The van der Waals surface area contributed by atoms with Crippen molar-refractivity contribution in [2.24, 2.45) is 23.2 Å². The highest BCUT2D eigenvalue weighted by Crippen LogP contribution is 2.60. The van der Waals surface area contributed by atoms with Gasteiger partial charge in [-0.15, -0.1) is 0 Å². The van der Waals surface area contributed by atoms with Crippen LogP contribution < -0.4 is 5.32 Å². The van der Waals surface area contributed by atoms with Crippen LogP contribution in [-0.4, -0.2) is 25.0 Å². The Kier molecular flexibility index (Phi) is 4.06. The molecule has 0 heterocycles. The third-order valence-corrected chi connectivity index (χ3v) is 5.71. The van der Waals surface area contributed by atoms with Crippen LogP contribution in [-0.2, 0) is 4.79 Å². The molecule has 0 amide bonds. The van der Waals surface area contributed by atoms with Crippen LogP contribution >= 0.6 is 0 Å². The van der Waals surface area contributed by atoms with Gasteiger partial charge in [0.1, 0.15) is 5.78 Å². The average molecular weight is 303 g/mol. The Bertz CT molecular complexity index is 370. The number of carbonyl (C=O) groups is 1. The molecule has 0 spiro atoms. The van der Waals surface area contributed by atoms with Crippen LogP contribution in [0.15, 0.2) is 0 Å². The van der Waals surface area contributed by atoms with Gasteiger partial charge in [-0.3, -0.25) is 4.79 Å². The number of halogens is 3. The number of hydrogen-bond acceptors (Lipinski definition) is 2. The van der Waals surface area contributed by atoms with E-state index in [1.54, 1.807) is 0 Å². The van der Waals surface area contributed by atoms with E-state index in [1.165, 1.54) is 19.3 Å². The lowest BCUT2D eigenvalue weighted by molar-refractivity contribution is -0.144. The van der Waals surface area contributed by atoms with Gasteiger partial charge in [-0.2, -0.15) is 13.2 Å². The Morgan fingerprint density at radius 1 is 1.05 bits per heavy atom. The summed E-state index contributed by atoms with van der Waals surface area (Å²) in [7, 11) is 0. The summed E-state index contributed by atoms with van der Waals surface area (Å²) in [4.78, 5) is 12.6. The molecule has 21 heavy (non-hydrogen) atoms. The highest BCUT2D eigenvalue weighted by Gasteiger charge is 2.53. The molecular formula is C16H24F3NO. The highest BCUT2D eigenvalue weighted by molar-refractivity contribution is 5.85. The van der Waals surface area contributed by atoms with E-state index in [0.29, 0.717) is 18.6 Å². The molecule has 4 rings (SSSR count). The lowest BCUT2D eigenvalue weighted by Crippen LogP contribution is -2.50. The van der Waals surface area contributed by atoms with Gasteiger partial charge in [-0.25, -0.2) is 0 Å². The molecule has 4 saturated carbocycles. The van der Waals surface area contributed by atoms with Crippen molar-refractivity contribution in [2.45, 2.75) is 57.5 Å². The van der Waals surface area contributed by atoms with E-state index >= 15 is 0 Å². The van der Waals surface area contributed by atoms with Gasteiger partial charge in [0.2, 0.25) is 0 Å². The Balaban J connectivity index is 1.45. The van der Waals surface area contributed by atoms with Crippen molar-refractivity contribution < 1.29 is 18.0 Å². The summed E-state index contributed by atoms with van der Waals surface area (Å²) in [5, 5.41) is 2.38. The van der Waals surface area contributed by atoms with E-state index in [1.807, 2.05) is 0 Å². The van der Waals surface area contributed by atoms with Crippen molar-refractivity contribution in [3.05, 3.63) is 0 Å². The van der Waals surface area contributed by atoms with E-state index in [4.69, 9.17) is 0 Å². The number of ketones is 1. The lowest BCUT2D eigenvalue weighted by Gasteiger charge is -2.56. The molecule has 4 bridgehead atoms. The maximum Gasteiger partial charge on any atom is 0.401 e. The zero-order valence-electron chi connectivity index (χ0n) is 12.3. The Morgan fingerprint density at radius 3 is 2.05 bits per heavy atom. The van der Waals surface area contributed by atoms with Crippen LogP contribution in [0.1, 0.15) is 51.4 Å². The smallest absolute Gasteiger partial charge is 0.309 e. The third kappa shape index (κ3) is 3.43. The summed E-state index contributed by atoms with van der Waals surface area (Å²) >= 11 is 0. The summed E-state index contributed by atoms with van der Waals surface area (Å²) < 4.78 is 36.1. The molecule has 0 aromatic heterocycles. The molecule has 0 atom stereocenters. The Labute approximate surface area is 123 Å². The molecule has 4 aliphatic carbocycles. The van der Waals surface area contributed by atoms with Crippen molar-refractivity contribution in [1.29, 1.82) is 0 Å². The summed E-state index contributed by atoms with van der Waals surface area (Å²) in [6.45, 7) is -0.684. The monoisotopic (exact) mass is 303 g/mol. The summed E-state index contributed by atoms with van der Waals surface area (Å²) in [5.74, 6) is 2.55. The summed E-state index contributed by atoms with van der Waals surface area (Å²) in [6, 6.07) is 0. The molecule has 0 aliphatic heterocycles. The first-order chi connectivity index (χ1) is 9.86. The first kappa shape index (κ1) is 15.3. The fourth-order valence-corrected chi connectivity index (χ4v) is 5.32. The number of hydrogen-bond donors (Lipinski definition) is 1. The minimum absolute atomic E-state index is 0.0984. The number of nitrogens with one attached hydrogen (secondary N) is 1. The summed E-state index contributed by atoms with van der Waals surface area (Å²) in [5.41, 5.74) is -0.0984. The average Bonchev–Trinajstić information content (AvgIpc) is 2.35. The van der Waals surface area contributed by atoms with Gasteiger partial charge in [0.25, 0.3) is 0 Å². The minimum atomic E-state index is -4.16. The topological polar surface area (TPSA) is 29.1 Å². The Hall–Kier alpha value is -0.580. The highest BCUT2D eigenvalue weighted by atomic mass is 19.4. The maximum atomic E-state index is 12.6. The van der Waals surface area contributed by atoms with Crippen LogP contribution in [0.4, 0.5) is 13.2 Å². The molecule has 0 aromatic rings. The fourth-order valence-electron chi connectivity index (χ4n) is 5.32. The molecular weight excluding hydrogens is 279 g/mol. The van der Waals surface area contributed by atoms with Crippen molar-refractivity contribution in [3.8, 4) is 0 Å². The summed E-state index contributed by atoms with van der Waals surface area (Å²) in [6.07, 6.45) is 3.87. The number of carbonyl (C=O) groups excluding carboxylic acids is 1. The van der Waals surface area contributed by atoms with Crippen molar-refractivity contribution >= 4 is 5.78 Å².